The molecule has 0 aliphatic heterocycles. The Bertz CT molecular complexity index is 371. The maximum atomic E-state index is 5.83. The van der Waals surface area contributed by atoms with Gasteiger partial charge in [0.1, 0.15) is 0 Å². The van der Waals surface area contributed by atoms with Crippen LogP contribution in [0.15, 0.2) is 6.07 Å². The quantitative estimate of drug-likeness (QED) is 0.715. The van der Waals surface area contributed by atoms with Crippen LogP contribution in [0.25, 0.3) is 0 Å². The molecule has 0 fully saturated rings. The number of aryl methyl sites for hydroxylation is 1. The fourth-order valence-corrected chi connectivity index (χ4v) is 1.83. The second kappa shape index (κ2) is 7.54. The summed E-state index contributed by atoms with van der Waals surface area (Å²) in [4.78, 5) is 11.2. The molecule has 1 aromatic heterocycles. The fourth-order valence-electron chi connectivity index (χ4n) is 1.63. The van der Waals surface area contributed by atoms with Gasteiger partial charge in [0.15, 0.2) is 0 Å². The van der Waals surface area contributed by atoms with E-state index in [1.54, 1.807) is 7.11 Å². The first-order valence-electron chi connectivity index (χ1n) is 6.24. The van der Waals surface area contributed by atoms with E-state index in [2.05, 4.69) is 28.7 Å². The summed E-state index contributed by atoms with van der Waals surface area (Å²) in [5.41, 5.74) is 2.05. The molecule has 102 valence electrons. The summed E-state index contributed by atoms with van der Waals surface area (Å²) < 4.78 is 5.11. The largest absolute Gasteiger partial charge is 0.383 e. The second-order valence-electron chi connectivity index (χ2n) is 4.56. The predicted octanol–water partition coefficient (Wildman–Crippen LogP) is 2.60. The molecule has 0 radical (unpaired) electrons. The van der Waals surface area contributed by atoms with Gasteiger partial charge in [-0.1, -0.05) is 13.8 Å². The first-order chi connectivity index (χ1) is 8.58. The molecule has 1 aromatic rings. The Hall–Kier alpha value is -0.870. The molecule has 0 bridgehead atoms. The number of methoxy groups -OCH3 is 1. The second-order valence-corrected chi connectivity index (χ2v) is 4.94. The summed E-state index contributed by atoms with van der Waals surface area (Å²) in [5, 5.41) is 0. The van der Waals surface area contributed by atoms with Gasteiger partial charge in [-0.25, -0.2) is 9.97 Å². The van der Waals surface area contributed by atoms with Gasteiger partial charge < -0.3 is 9.64 Å². The molecule has 0 aliphatic rings. The molecule has 1 heterocycles. The third-order valence-corrected chi connectivity index (χ3v) is 2.83. The van der Waals surface area contributed by atoms with Crippen molar-refractivity contribution in [2.24, 2.45) is 0 Å². The van der Waals surface area contributed by atoms with E-state index < -0.39 is 0 Å². The molecule has 0 amide bonds. The highest BCUT2D eigenvalue weighted by atomic mass is 35.5. The summed E-state index contributed by atoms with van der Waals surface area (Å²) >= 11 is 5.83. The third-order valence-electron chi connectivity index (χ3n) is 2.66. The summed E-state index contributed by atoms with van der Waals surface area (Å²) in [5.74, 6) is 1.69. The van der Waals surface area contributed by atoms with Crippen LogP contribution in [0.5, 0.6) is 0 Å². The minimum absolute atomic E-state index is 0.394. The molecule has 0 unspecified atom stereocenters. The van der Waals surface area contributed by atoms with Crippen LogP contribution < -0.4 is 4.90 Å². The van der Waals surface area contributed by atoms with E-state index in [1.165, 1.54) is 0 Å². The minimum atomic E-state index is 0.394. The van der Waals surface area contributed by atoms with Crippen molar-refractivity contribution in [3.63, 3.8) is 0 Å². The van der Waals surface area contributed by atoms with Gasteiger partial charge in [0.2, 0.25) is 5.95 Å². The van der Waals surface area contributed by atoms with Gasteiger partial charge in [-0.2, -0.15) is 0 Å². The van der Waals surface area contributed by atoms with Crippen molar-refractivity contribution in [3.8, 4) is 0 Å². The van der Waals surface area contributed by atoms with Crippen molar-refractivity contribution in [1.82, 2.24) is 9.97 Å². The van der Waals surface area contributed by atoms with E-state index in [9.17, 15) is 0 Å². The summed E-state index contributed by atoms with van der Waals surface area (Å²) in [7, 11) is 1.69. The van der Waals surface area contributed by atoms with Gasteiger partial charge in [-0.15, -0.1) is 11.6 Å². The van der Waals surface area contributed by atoms with Crippen molar-refractivity contribution >= 4 is 17.5 Å². The van der Waals surface area contributed by atoms with Crippen molar-refractivity contribution in [2.45, 2.75) is 26.7 Å². The van der Waals surface area contributed by atoms with Crippen LogP contribution in [-0.4, -0.2) is 42.7 Å². The minimum Gasteiger partial charge on any atom is -0.383 e. The van der Waals surface area contributed by atoms with Gasteiger partial charge in [-0.3, -0.25) is 0 Å². The summed E-state index contributed by atoms with van der Waals surface area (Å²) in [6.45, 7) is 8.38. The van der Waals surface area contributed by atoms with Crippen LogP contribution in [0.3, 0.4) is 0 Å². The number of hydrogen-bond donors (Lipinski definition) is 0. The van der Waals surface area contributed by atoms with E-state index in [0.29, 0.717) is 18.4 Å². The predicted molar refractivity (Wildman–Crippen MR) is 75.7 cm³/mol. The lowest BCUT2D eigenvalue weighted by Crippen LogP contribution is -2.31. The zero-order valence-electron chi connectivity index (χ0n) is 11.6. The van der Waals surface area contributed by atoms with Crippen molar-refractivity contribution in [2.75, 3.05) is 37.6 Å². The average molecular weight is 272 g/mol. The lowest BCUT2D eigenvalue weighted by Gasteiger charge is -2.22. The molecule has 4 nitrogen and oxygen atoms in total. The number of aromatic nitrogens is 2. The Kier molecular flexibility index (Phi) is 6.36. The Morgan fingerprint density at radius 1 is 1.33 bits per heavy atom. The highest BCUT2D eigenvalue weighted by molar-refractivity contribution is 6.18. The highest BCUT2D eigenvalue weighted by Crippen LogP contribution is 2.16. The molecule has 0 atom stereocenters. The number of alkyl halides is 1. The van der Waals surface area contributed by atoms with Crippen LogP contribution in [0.1, 0.15) is 31.2 Å². The molecule has 0 saturated heterocycles. The van der Waals surface area contributed by atoms with E-state index in [1.807, 2.05) is 13.0 Å². The van der Waals surface area contributed by atoms with Crippen LogP contribution in [0, 0.1) is 6.92 Å². The smallest absolute Gasteiger partial charge is 0.225 e. The zero-order valence-corrected chi connectivity index (χ0v) is 12.4. The van der Waals surface area contributed by atoms with Crippen molar-refractivity contribution in [3.05, 3.63) is 17.5 Å². The van der Waals surface area contributed by atoms with Gasteiger partial charge in [0.05, 0.1) is 6.61 Å². The summed E-state index contributed by atoms with van der Waals surface area (Å²) in [6, 6.07) is 2.03. The van der Waals surface area contributed by atoms with Gasteiger partial charge in [0, 0.05) is 37.5 Å². The lowest BCUT2D eigenvalue weighted by molar-refractivity contribution is 0.205. The van der Waals surface area contributed by atoms with E-state index in [4.69, 9.17) is 16.3 Å². The van der Waals surface area contributed by atoms with E-state index in [-0.39, 0.29) is 0 Å². The number of rotatable bonds is 7. The van der Waals surface area contributed by atoms with E-state index in [0.717, 1.165) is 30.4 Å². The topological polar surface area (TPSA) is 38.2 Å². The van der Waals surface area contributed by atoms with Crippen molar-refractivity contribution < 1.29 is 4.74 Å². The average Bonchev–Trinajstić information content (AvgIpc) is 2.33. The maximum Gasteiger partial charge on any atom is 0.225 e. The SMILES string of the molecule is COCCN(CCCl)c1nc(C)cc(C(C)C)n1. The highest BCUT2D eigenvalue weighted by Gasteiger charge is 2.12. The third kappa shape index (κ3) is 4.42. The van der Waals surface area contributed by atoms with Gasteiger partial charge in [-0.05, 0) is 18.9 Å². The lowest BCUT2D eigenvalue weighted by atomic mass is 10.1. The standard InChI is InChI=1S/C13H22ClN3O/c1-10(2)12-9-11(3)15-13(16-12)17(6-5-14)7-8-18-4/h9-10H,5-8H2,1-4H3. The number of ether oxygens (including phenoxy) is 1. The number of nitrogens with zero attached hydrogens (tertiary/aromatic N) is 3. The Labute approximate surface area is 114 Å². The molecule has 1 rings (SSSR count). The molecule has 0 saturated carbocycles. The summed E-state index contributed by atoms with van der Waals surface area (Å²) in [6.07, 6.45) is 0. The fraction of sp³-hybridized carbons (Fsp3) is 0.692. The molecule has 5 heteroatoms. The Morgan fingerprint density at radius 3 is 2.61 bits per heavy atom. The Balaban J connectivity index is 2.95. The molecule has 0 N–H and O–H groups in total. The van der Waals surface area contributed by atoms with Gasteiger partial charge >= 0.3 is 0 Å². The molecular weight excluding hydrogens is 250 g/mol. The molecule has 0 spiro atoms. The molecular formula is C13H22ClN3O. The molecule has 0 aliphatic carbocycles. The van der Waals surface area contributed by atoms with E-state index >= 15 is 0 Å². The Morgan fingerprint density at radius 2 is 2.06 bits per heavy atom. The molecule has 18 heavy (non-hydrogen) atoms. The maximum absolute atomic E-state index is 5.83. The number of hydrogen-bond acceptors (Lipinski definition) is 4. The van der Waals surface area contributed by atoms with Crippen LogP contribution in [0.4, 0.5) is 5.95 Å². The van der Waals surface area contributed by atoms with Crippen LogP contribution >= 0.6 is 11.6 Å². The van der Waals surface area contributed by atoms with Crippen LogP contribution in [0.2, 0.25) is 0 Å². The molecule has 0 aromatic carbocycles. The zero-order chi connectivity index (χ0) is 13.5. The number of anilines is 1. The monoisotopic (exact) mass is 271 g/mol. The first kappa shape index (κ1) is 15.2. The number of halogens is 1. The first-order valence-corrected chi connectivity index (χ1v) is 6.77. The van der Waals surface area contributed by atoms with Gasteiger partial charge in [0.25, 0.3) is 0 Å². The normalized spacial score (nSPS) is 11.0. The van der Waals surface area contributed by atoms with Crippen molar-refractivity contribution in [1.29, 1.82) is 0 Å². The van der Waals surface area contributed by atoms with Crippen LogP contribution in [-0.2, 0) is 4.74 Å².